The van der Waals surface area contributed by atoms with Gasteiger partial charge in [0.2, 0.25) is 0 Å². The van der Waals surface area contributed by atoms with Gasteiger partial charge in [-0.15, -0.1) is 11.8 Å². The molecule has 18 heavy (non-hydrogen) atoms. The van der Waals surface area contributed by atoms with Crippen LogP contribution in [0.1, 0.15) is 57.6 Å². The SMILES string of the molecule is CC[C@@H](N)c1ccccc1SC1CCCC(C)C1. The molecule has 1 aliphatic carbocycles. The second-order valence-electron chi connectivity index (χ2n) is 5.56. The van der Waals surface area contributed by atoms with Crippen LogP contribution in [0.3, 0.4) is 0 Å². The van der Waals surface area contributed by atoms with Gasteiger partial charge in [-0.05, 0) is 36.8 Å². The van der Waals surface area contributed by atoms with Crippen LogP contribution in [0, 0.1) is 5.92 Å². The lowest BCUT2D eigenvalue weighted by Gasteiger charge is -2.27. The van der Waals surface area contributed by atoms with Gasteiger partial charge in [0.05, 0.1) is 0 Å². The molecule has 2 rings (SSSR count). The first kappa shape index (κ1) is 14.0. The van der Waals surface area contributed by atoms with Crippen LogP contribution in [0.2, 0.25) is 0 Å². The quantitative estimate of drug-likeness (QED) is 0.847. The van der Waals surface area contributed by atoms with E-state index in [2.05, 4.69) is 49.9 Å². The van der Waals surface area contributed by atoms with Crippen molar-refractivity contribution in [3.05, 3.63) is 29.8 Å². The molecule has 0 radical (unpaired) electrons. The molecule has 3 atom stereocenters. The minimum Gasteiger partial charge on any atom is -0.324 e. The van der Waals surface area contributed by atoms with Gasteiger partial charge in [0.1, 0.15) is 0 Å². The number of nitrogens with two attached hydrogens (primary N) is 1. The molecule has 100 valence electrons. The molecule has 1 fully saturated rings. The maximum Gasteiger partial charge on any atom is 0.0303 e. The van der Waals surface area contributed by atoms with Gasteiger partial charge < -0.3 is 5.73 Å². The number of benzene rings is 1. The first-order valence-corrected chi connectivity index (χ1v) is 8.09. The normalized spacial score (nSPS) is 25.9. The molecule has 2 heteroatoms. The van der Waals surface area contributed by atoms with E-state index in [1.54, 1.807) is 0 Å². The van der Waals surface area contributed by atoms with Crippen molar-refractivity contribution >= 4 is 11.8 Å². The highest BCUT2D eigenvalue weighted by Gasteiger charge is 2.21. The number of rotatable bonds is 4. The zero-order chi connectivity index (χ0) is 13.0. The topological polar surface area (TPSA) is 26.0 Å². The highest BCUT2D eigenvalue weighted by atomic mass is 32.2. The molecule has 1 saturated carbocycles. The predicted octanol–water partition coefficient (Wildman–Crippen LogP) is 4.77. The van der Waals surface area contributed by atoms with Gasteiger partial charge in [-0.3, -0.25) is 0 Å². The zero-order valence-electron chi connectivity index (χ0n) is 11.6. The molecule has 1 nitrogen and oxygen atoms in total. The van der Waals surface area contributed by atoms with Crippen molar-refractivity contribution < 1.29 is 0 Å². The van der Waals surface area contributed by atoms with E-state index in [4.69, 9.17) is 5.73 Å². The molecule has 0 spiro atoms. The molecule has 0 bridgehead atoms. The van der Waals surface area contributed by atoms with Crippen molar-refractivity contribution in [3.63, 3.8) is 0 Å². The molecule has 0 aliphatic heterocycles. The lowest BCUT2D eigenvalue weighted by atomic mass is 9.91. The van der Waals surface area contributed by atoms with Crippen LogP contribution >= 0.6 is 11.8 Å². The fraction of sp³-hybridized carbons (Fsp3) is 0.625. The van der Waals surface area contributed by atoms with E-state index in [0.717, 1.165) is 17.6 Å². The Morgan fingerprint density at radius 3 is 2.83 bits per heavy atom. The van der Waals surface area contributed by atoms with Crippen LogP contribution in [0.15, 0.2) is 29.2 Å². The first-order chi connectivity index (χ1) is 8.70. The maximum atomic E-state index is 6.21. The fourth-order valence-electron chi connectivity index (χ4n) is 2.78. The minimum absolute atomic E-state index is 0.190. The Bertz CT molecular complexity index is 377. The number of hydrogen-bond donors (Lipinski definition) is 1. The van der Waals surface area contributed by atoms with Gasteiger partial charge in [-0.2, -0.15) is 0 Å². The van der Waals surface area contributed by atoms with Crippen LogP contribution in [0.4, 0.5) is 0 Å². The lowest BCUT2D eigenvalue weighted by molar-refractivity contribution is 0.394. The smallest absolute Gasteiger partial charge is 0.0303 e. The van der Waals surface area contributed by atoms with E-state index in [0.29, 0.717) is 0 Å². The second kappa shape index (κ2) is 6.63. The Morgan fingerprint density at radius 1 is 1.33 bits per heavy atom. The lowest BCUT2D eigenvalue weighted by Crippen LogP contribution is -2.16. The third-order valence-electron chi connectivity index (χ3n) is 3.94. The summed E-state index contributed by atoms with van der Waals surface area (Å²) < 4.78 is 0. The molecule has 0 saturated heterocycles. The third kappa shape index (κ3) is 3.52. The van der Waals surface area contributed by atoms with Crippen molar-refractivity contribution in [1.29, 1.82) is 0 Å². The van der Waals surface area contributed by atoms with Gasteiger partial charge >= 0.3 is 0 Å². The average Bonchev–Trinajstić information content (AvgIpc) is 2.38. The van der Waals surface area contributed by atoms with Crippen LogP contribution in [0.5, 0.6) is 0 Å². The summed E-state index contributed by atoms with van der Waals surface area (Å²) in [5.41, 5.74) is 7.55. The molecule has 1 aromatic rings. The molecule has 0 aromatic heterocycles. The predicted molar refractivity (Wildman–Crippen MR) is 80.9 cm³/mol. The van der Waals surface area contributed by atoms with E-state index >= 15 is 0 Å². The summed E-state index contributed by atoms with van der Waals surface area (Å²) in [6.45, 7) is 4.55. The summed E-state index contributed by atoms with van der Waals surface area (Å²) in [5, 5.41) is 0.791. The Kier molecular flexibility index (Phi) is 5.13. The monoisotopic (exact) mass is 263 g/mol. The number of thioether (sulfide) groups is 1. The van der Waals surface area contributed by atoms with Gasteiger partial charge in [0.25, 0.3) is 0 Å². The summed E-state index contributed by atoms with van der Waals surface area (Å²) >= 11 is 2.06. The molecule has 0 amide bonds. The fourth-order valence-corrected chi connectivity index (χ4v) is 4.36. The summed E-state index contributed by atoms with van der Waals surface area (Å²) in [6, 6.07) is 8.88. The van der Waals surface area contributed by atoms with Crippen molar-refractivity contribution in [1.82, 2.24) is 0 Å². The Labute approximate surface area is 116 Å². The average molecular weight is 263 g/mol. The Balaban J connectivity index is 2.08. The third-order valence-corrected chi connectivity index (χ3v) is 5.33. The van der Waals surface area contributed by atoms with Crippen molar-refractivity contribution in [2.45, 2.75) is 62.1 Å². The highest BCUT2D eigenvalue weighted by molar-refractivity contribution is 8.00. The van der Waals surface area contributed by atoms with E-state index in [1.165, 1.54) is 36.1 Å². The van der Waals surface area contributed by atoms with Crippen LogP contribution in [-0.4, -0.2) is 5.25 Å². The molecular weight excluding hydrogens is 238 g/mol. The standard InChI is InChI=1S/C16H25NS/c1-3-15(17)14-9-4-5-10-16(14)18-13-8-6-7-12(2)11-13/h4-5,9-10,12-13,15H,3,6-8,11,17H2,1-2H3/t12?,13?,15-/m1/s1. The van der Waals surface area contributed by atoms with Crippen LogP contribution < -0.4 is 5.73 Å². The molecule has 2 N–H and O–H groups in total. The van der Waals surface area contributed by atoms with Crippen molar-refractivity contribution in [3.8, 4) is 0 Å². The molecule has 1 aromatic carbocycles. The minimum atomic E-state index is 0.190. The second-order valence-corrected chi connectivity index (χ2v) is 6.91. The van der Waals surface area contributed by atoms with Crippen molar-refractivity contribution in [2.24, 2.45) is 11.7 Å². The summed E-state index contributed by atoms with van der Waals surface area (Å²) in [6.07, 6.45) is 6.54. The van der Waals surface area contributed by atoms with Crippen molar-refractivity contribution in [2.75, 3.05) is 0 Å². The van der Waals surface area contributed by atoms with Gasteiger partial charge in [-0.25, -0.2) is 0 Å². The summed E-state index contributed by atoms with van der Waals surface area (Å²) in [7, 11) is 0. The van der Waals surface area contributed by atoms with E-state index in [-0.39, 0.29) is 6.04 Å². The summed E-state index contributed by atoms with van der Waals surface area (Å²) in [4.78, 5) is 1.41. The zero-order valence-corrected chi connectivity index (χ0v) is 12.4. The largest absolute Gasteiger partial charge is 0.324 e. The maximum absolute atomic E-state index is 6.21. The molecule has 1 aliphatic rings. The van der Waals surface area contributed by atoms with Crippen LogP contribution in [0.25, 0.3) is 0 Å². The Morgan fingerprint density at radius 2 is 2.11 bits per heavy atom. The highest BCUT2D eigenvalue weighted by Crippen LogP contribution is 2.38. The Hall–Kier alpha value is -0.470. The van der Waals surface area contributed by atoms with E-state index in [9.17, 15) is 0 Å². The molecular formula is C16H25NS. The first-order valence-electron chi connectivity index (χ1n) is 7.21. The van der Waals surface area contributed by atoms with E-state index < -0.39 is 0 Å². The molecule has 2 unspecified atom stereocenters. The summed E-state index contributed by atoms with van der Waals surface area (Å²) in [5.74, 6) is 0.892. The van der Waals surface area contributed by atoms with Gasteiger partial charge in [0.15, 0.2) is 0 Å². The van der Waals surface area contributed by atoms with Gasteiger partial charge in [-0.1, -0.05) is 44.9 Å². The number of hydrogen-bond acceptors (Lipinski definition) is 2. The van der Waals surface area contributed by atoms with E-state index in [1.807, 2.05) is 0 Å². The van der Waals surface area contributed by atoms with Crippen LogP contribution in [-0.2, 0) is 0 Å². The molecule has 0 heterocycles. The van der Waals surface area contributed by atoms with Gasteiger partial charge in [0, 0.05) is 16.2 Å².